The molecule has 0 heterocycles. The molecule has 2 aromatic rings. The molecule has 11 nitrogen and oxygen atoms in total. The summed E-state index contributed by atoms with van der Waals surface area (Å²) < 4.78 is 0. The van der Waals surface area contributed by atoms with Crippen molar-refractivity contribution in [1.29, 1.82) is 0 Å². The molecule has 128 valence electrons. The molecule has 0 aliphatic heterocycles. The number of rotatable bonds is 6. The van der Waals surface area contributed by atoms with E-state index in [2.05, 4.69) is 5.32 Å². The van der Waals surface area contributed by atoms with Gasteiger partial charge in [-0.05, 0) is 11.6 Å². The number of nitro groups is 3. The Kier molecular flexibility index (Phi) is 4.98. The van der Waals surface area contributed by atoms with Gasteiger partial charge in [0.15, 0.2) is 0 Å². The van der Waals surface area contributed by atoms with Crippen LogP contribution in [-0.4, -0.2) is 20.7 Å². The van der Waals surface area contributed by atoms with Crippen LogP contribution in [0.5, 0.6) is 0 Å². The first-order chi connectivity index (χ1) is 11.8. The lowest BCUT2D eigenvalue weighted by molar-refractivity contribution is -0.393. The molecule has 0 bridgehead atoms. The van der Waals surface area contributed by atoms with Crippen LogP contribution < -0.4 is 5.32 Å². The van der Waals surface area contributed by atoms with Crippen molar-refractivity contribution in [2.24, 2.45) is 0 Å². The fourth-order valence-electron chi connectivity index (χ4n) is 2.01. The van der Waals surface area contributed by atoms with Crippen LogP contribution in [0.15, 0.2) is 42.5 Å². The normalized spacial score (nSPS) is 10.1. The number of nitro benzene ring substituents is 3. The molecule has 0 saturated heterocycles. The Hall–Kier alpha value is -3.89. The van der Waals surface area contributed by atoms with Gasteiger partial charge in [-0.1, -0.05) is 12.1 Å². The number of nitrogens with one attached hydrogen (secondary N) is 1. The molecule has 2 aromatic carbocycles. The summed E-state index contributed by atoms with van der Waals surface area (Å²) in [5.74, 6) is -0.606. The lowest BCUT2D eigenvalue weighted by atomic mass is 10.1. The second kappa shape index (κ2) is 7.12. The minimum absolute atomic E-state index is 0.129. The minimum Gasteiger partial charge on any atom is -0.320 e. The van der Waals surface area contributed by atoms with Gasteiger partial charge in [0.05, 0.1) is 27.3 Å². The SMILES string of the molecule is O=C(Cc1ccc([N+](=O)[O-])cc1)Nc1ccc([N+](=O)[O-])cc1[N+](=O)[O-]. The highest BCUT2D eigenvalue weighted by atomic mass is 16.6. The zero-order chi connectivity index (χ0) is 18.6. The Bertz CT molecular complexity index is 864. The van der Waals surface area contributed by atoms with Gasteiger partial charge in [-0.2, -0.15) is 0 Å². The number of anilines is 1. The lowest BCUT2D eigenvalue weighted by Gasteiger charge is -2.06. The minimum atomic E-state index is -0.839. The maximum Gasteiger partial charge on any atom is 0.299 e. The van der Waals surface area contributed by atoms with Crippen LogP contribution in [-0.2, 0) is 11.2 Å². The van der Waals surface area contributed by atoms with Crippen molar-refractivity contribution in [2.75, 3.05) is 5.32 Å². The Balaban J connectivity index is 2.15. The Morgan fingerprint density at radius 2 is 1.40 bits per heavy atom. The van der Waals surface area contributed by atoms with Gasteiger partial charge in [0, 0.05) is 18.2 Å². The van der Waals surface area contributed by atoms with Crippen LogP contribution in [0.4, 0.5) is 22.7 Å². The number of benzene rings is 2. The highest BCUT2D eigenvalue weighted by molar-refractivity contribution is 5.94. The first-order valence-electron chi connectivity index (χ1n) is 6.74. The summed E-state index contributed by atoms with van der Waals surface area (Å²) in [5, 5.41) is 34.6. The molecule has 0 fully saturated rings. The van der Waals surface area contributed by atoms with Crippen LogP contribution in [0.1, 0.15) is 5.56 Å². The van der Waals surface area contributed by atoms with Crippen molar-refractivity contribution in [2.45, 2.75) is 6.42 Å². The van der Waals surface area contributed by atoms with Crippen molar-refractivity contribution >= 4 is 28.7 Å². The third-order valence-electron chi connectivity index (χ3n) is 3.17. The van der Waals surface area contributed by atoms with Gasteiger partial charge in [0.1, 0.15) is 5.69 Å². The summed E-state index contributed by atoms with van der Waals surface area (Å²) >= 11 is 0. The maximum absolute atomic E-state index is 12.0. The largest absolute Gasteiger partial charge is 0.320 e. The van der Waals surface area contributed by atoms with Gasteiger partial charge in [0.2, 0.25) is 5.91 Å². The van der Waals surface area contributed by atoms with E-state index in [1.165, 1.54) is 24.3 Å². The summed E-state index contributed by atoms with van der Waals surface area (Å²) in [5.41, 5.74) is -0.920. The zero-order valence-electron chi connectivity index (χ0n) is 12.4. The van der Waals surface area contributed by atoms with E-state index in [1.54, 1.807) is 0 Å². The molecule has 0 aliphatic carbocycles. The zero-order valence-corrected chi connectivity index (χ0v) is 12.4. The van der Waals surface area contributed by atoms with E-state index < -0.39 is 32.1 Å². The third-order valence-corrected chi connectivity index (χ3v) is 3.17. The van der Waals surface area contributed by atoms with Crippen molar-refractivity contribution in [3.8, 4) is 0 Å². The van der Waals surface area contributed by atoms with Gasteiger partial charge in [0.25, 0.3) is 17.1 Å². The summed E-state index contributed by atoms with van der Waals surface area (Å²) in [6.45, 7) is 0. The van der Waals surface area contributed by atoms with Crippen LogP contribution in [0.2, 0.25) is 0 Å². The van der Waals surface area contributed by atoms with Crippen molar-refractivity contribution < 1.29 is 19.6 Å². The third kappa shape index (κ3) is 4.31. The van der Waals surface area contributed by atoms with Crippen LogP contribution >= 0.6 is 0 Å². The number of hydrogen-bond donors (Lipinski definition) is 1. The molecule has 0 aromatic heterocycles. The van der Waals surface area contributed by atoms with Crippen molar-refractivity contribution in [3.05, 3.63) is 78.4 Å². The molecular formula is C14H10N4O7. The number of non-ortho nitro benzene ring substituents is 2. The first-order valence-corrected chi connectivity index (χ1v) is 6.74. The van der Waals surface area contributed by atoms with E-state index in [9.17, 15) is 35.1 Å². The van der Waals surface area contributed by atoms with Gasteiger partial charge in [-0.15, -0.1) is 0 Å². The molecule has 11 heteroatoms. The summed E-state index contributed by atoms with van der Waals surface area (Å²) in [7, 11) is 0. The van der Waals surface area contributed by atoms with E-state index in [-0.39, 0.29) is 17.8 Å². The second-order valence-electron chi connectivity index (χ2n) is 4.86. The van der Waals surface area contributed by atoms with Gasteiger partial charge < -0.3 is 5.32 Å². The number of carbonyl (C=O) groups excluding carboxylic acids is 1. The van der Waals surface area contributed by atoms with Gasteiger partial charge in [-0.25, -0.2) is 0 Å². The first kappa shape index (κ1) is 17.5. The van der Waals surface area contributed by atoms with E-state index in [0.717, 1.165) is 18.2 Å². The molecule has 0 unspecified atom stereocenters. The lowest BCUT2D eigenvalue weighted by Crippen LogP contribution is -2.15. The molecule has 1 N–H and O–H groups in total. The second-order valence-corrected chi connectivity index (χ2v) is 4.86. The Morgan fingerprint density at radius 1 is 0.840 bits per heavy atom. The van der Waals surface area contributed by atoms with Gasteiger partial charge >= 0.3 is 0 Å². The molecule has 1 amide bonds. The predicted molar refractivity (Wildman–Crippen MR) is 85.2 cm³/mol. The maximum atomic E-state index is 12.0. The Morgan fingerprint density at radius 3 is 1.92 bits per heavy atom. The fourth-order valence-corrected chi connectivity index (χ4v) is 2.01. The average Bonchev–Trinajstić information content (AvgIpc) is 2.55. The van der Waals surface area contributed by atoms with E-state index in [1.807, 2.05) is 0 Å². The van der Waals surface area contributed by atoms with Crippen LogP contribution in [0.3, 0.4) is 0 Å². The molecule has 0 radical (unpaired) electrons. The topological polar surface area (TPSA) is 159 Å². The molecule has 0 aliphatic rings. The average molecular weight is 346 g/mol. The summed E-state index contributed by atoms with van der Waals surface area (Å²) in [6, 6.07) is 8.11. The summed E-state index contributed by atoms with van der Waals surface area (Å²) in [6.07, 6.45) is -0.174. The van der Waals surface area contributed by atoms with Crippen molar-refractivity contribution in [3.63, 3.8) is 0 Å². The summed E-state index contributed by atoms with van der Waals surface area (Å²) in [4.78, 5) is 42.0. The highest BCUT2D eigenvalue weighted by Crippen LogP contribution is 2.29. The van der Waals surface area contributed by atoms with Crippen LogP contribution in [0, 0.1) is 30.3 Å². The molecule has 0 spiro atoms. The smallest absolute Gasteiger partial charge is 0.299 e. The molecule has 0 atom stereocenters. The van der Waals surface area contributed by atoms with E-state index >= 15 is 0 Å². The van der Waals surface area contributed by atoms with Crippen molar-refractivity contribution in [1.82, 2.24) is 0 Å². The van der Waals surface area contributed by atoms with Gasteiger partial charge in [-0.3, -0.25) is 35.1 Å². The van der Waals surface area contributed by atoms with E-state index in [4.69, 9.17) is 0 Å². The number of carbonyl (C=O) groups is 1. The van der Waals surface area contributed by atoms with E-state index in [0.29, 0.717) is 5.56 Å². The Labute approximate surface area is 139 Å². The molecule has 25 heavy (non-hydrogen) atoms. The van der Waals surface area contributed by atoms with Crippen LogP contribution in [0.25, 0.3) is 0 Å². The quantitative estimate of drug-likeness (QED) is 0.621. The highest BCUT2D eigenvalue weighted by Gasteiger charge is 2.21. The standard InChI is InChI=1S/C14H10N4O7/c19-14(7-9-1-3-10(4-2-9)16(20)21)15-12-6-5-11(17(22)23)8-13(12)18(24)25/h1-6,8H,7H2,(H,15,19). The molecular weight excluding hydrogens is 336 g/mol. The molecule has 0 saturated carbocycles. The number of amides is 1. The monoisotopic (exact) mass is 346 g/mol. The molecule has 2 rings (SSSR count). The number of nitrogens with zero attached hydrogens (tertiary/aromatic N) is 3. The number of hydrogen-bond acceptors (Lipinski definition) is 7. The predicted octanol–water partition coefficient (Wildman–Crippen LogP) is 2.59. The fraction of sp³-hybridized carbons (Fsp3) is 0.0714.